The maximum Gasteiger partial charge on any atom is 0.394 e. The molecule has 0 aromatic heterocycles. The van der Waals surface area contributed by atoms with Gasteiger partial charge in [-0.1, -0.05) is 0 Å². The number of halogens is 3. The zero-order valence-electron chi connectivity index (χ0n) is 9.09. The average Bonchev–Trinajstić information content (AvgIpc) is 2.08. The number of alkyl halides is 3. The number of nitrogens with two attached hydrogens (primary N) is 1. The molecule has 0 radical (unpaired) electrons. The van der Waals surface area contributed by atoms with Crippen LogP contribution in [0.1, 0.15) is 13.3 Å². The molecular formula is C9H19F3N2O. The first-order valence-electron chi connectivity index (χ1n) is 4.90. The van der Waals surface area contributed by atoms with Gasteiger partial charge in [-0.3, -0.25) is 0 Å². The molecule has 3 nitrogen and oxygen atoms in total. The summed E-state index contributed by atoms with van der Waals surface area (Å²) < 4.78 is 37.0. The van der Waals surface area contributed by atoms with Crippen molar-refractivity contribution in [1.82, 2.24) is 4.90 Å². The van der Waals surface area contributed by atoms with E-state index >= 15 is 0 Å². The van der Waals surface area contributed by atoms with Crippen LogP contribution in [0.25, 0.3) is 0 Å². The summed E-state index contributed by atoms with van der Waals surface area (Å²) in [4.78, 5) is 1.54. The summed E-state index contributed by atoms with van der Waals surface area (Å²) in [5, 5.41) is 8.98. The van der Waals surface area contributed by atoms with Crippen LogP contribution in [0.4, 0.5) is 13.2 Å². The summed E-state index contributed by atoms with van der Waals surface area (Å²) in [6.07, 6.45) is -4.27. The molecule has 0 spiro atoms. The molecule has 0 saturated carbocycles. The Kier molecular flexibility index (Phi) is 6.16. The van der Waals surface area contributed by atoms with E-state index in [9.17, 15) is 13.2 Å². The second-order valence-corrected chi connectivity index (χ2v) is 3.87. The van der Waals surface area contributed by atoms with Gasteiger partial charge in [0.1, 0.15) is 0 Å². The molecule has 2 unspecified atom stereocenters. The van der Waals surface area contributed by atoms with Crippen molar-refractivity contribution in [2.24, 2.45) is 11.7 Å². The molecule has 15 heavy (non-hydrogen) atoms. The van der Waals surface area contributed by atoms with Gasteiger partial charge in [-0.05, 0) is 20.4 Å². The lowest BCUT2D eigenvalue weighted by atomic mass is 10.1. The fraction of sp³-hybridized carbons (Fsp3) is 1.00. The third-order valence-electron chi connectivity index (χ3n) is 2.21. The molecule has 0 heterocycles. The molecule has 0 amide bonds. The molecule has 0 aliphatic carbocycles. The van der Waals surface area contributed by atoms with Gasteiger partial charge in [0, 0.05) is 19.6 Å². The lowest BCUT2D eigenvalue weighted by molar-refractivity contribution is -0.175. The summed E-state index contributed by atoms with van der Waals surface area (Å²) in [7, 11) is 1.59. The Balaban J connectivity index is 3.97. The van der Waals surface area contributed by atoms with Gasteiger partial charge in [-0.2, -0.15) is 13.2 Å². The van der Waals surface area contributed by atoms with Gasteiger partial charge < -0.3 is 15.7 Å². The molecule has 0 aliphatic heterocycles. The van der Waals surface area contributed by atoms with Gasteiger partial charge in [0.15, 0.2) is 0 Å². The minimum absolute atomic E-state index is 0.118. The van der Waals surface area contributed by atoms with E-state index < -0.39 is 24.7 Å². The Labute approximate surface area is 88.0 Å². The van der Waals surface area contributed by atoms with Crippen LogP contribution in [-0.2, 0) is 0 Å². The number of aliphatic hydroxyl groups is 1. The van der Waals surface area contributed by atoms with E-state index in [2.05, 4.69) is 0 Å². The molecule has 0 aromatic rings. The Hall–Kier alpha value is -0.330. The predicted molar refractivity (Wildman–Crippen MR) is 52.4 cm³/mol. The summed E-state index contributed by atoms with van der Waals surface area (Å²) in [6.45, 7) is 1.53. The smallest absolute Gasteiger partial charge is 0.393 e. The van der Waals surface area contributed by atoms with Crippen molar-refractivity contribution in [1.29, 1.82) is 0 Å². The lowest BCUT2D eigenvalue weighted by Crippen LogP contribution is -2.40. The zero-order chi connectivity index (χ0) is 12.1. The Morgan fingerprint density at radius 3 is 2.27 bits per heavy atom. The highest BCUT2D eigenvalue weighted by Gasteiger charge is 2.38. The van der Waals surface area contributed by atoms with Crippen molar-refractivity contribution < 1.29 is 18.3 Å². The highest BCUT2D eigenvalue weighted by Crippen LogP contribution is 2.25. The molecule has 0 aliphatic rings. The highest BCUT2D eigenvalue weighted by molar-refractivity contribution is 4.72. The van der Waals surface area contributed by atoms with Crippen LogP contribution < -0.4 is 5.73 Å². The van der Waals surface area contributed by atoms with E-state index in [4.69, 9.17) is 10.8 Å². The van der Waals surface area contributed by atoms with E-state index in [1.165, 1.54) is 4.90 Å². The fourth-order valence-corrected chi connectivity index (χ4v) is 1.19. The van der Waals surface area contributed by atoms with Gasteiger partial charge >= 0.3 is 6.18 Å². The van der Waals surface area contributed by atoms with Crippen LogP contribution in [0, 0.1) is 5.92 Å². The monoisotopic (exact) mass is 228 g/mol. The standard InChI is InChI=1S/C9H19F3N2O/c1-7(15)3-4-14(2)6-8(5-13)9(10,11)12/h7-8,15H,3-6,13H2,1-2H3. The van der Waals surface area contributed by atoms with E-state index in [1.54, 1.807) is 14.0 Å². The molecule has 0 saturated heterocycles. The van der Waals surface area contributed by atoms with Crippen LogP contribution in [-0.4, -0.2) is 49.0 Å². The van der Waals surface area contributed by atoms with Crippen molar-refractivity contribution in [2.45, 2.75) is 25.6 Å². The van der Waals surface area contributed by atoms with Gasteiger partial charge in [-0.15, -0.1) is 0 Å². The molecule has 0 fully saturated rings. The first-order chi connectivity index (χ1) is 6.77. The highest BCUT2D eigenvalue weighted by atomic mass is 19.4. The van der Waals surface area contributed by atoms with Gasteiger partial charge in [0.05, 0.1) is 12.0 Å². The van der Waals surface area contributed by atoms with Crippen molar-refractivity contribution in [2.75, 3.05) is 26.7 Å². The largest absolute Gasteiger partial charge is 0.394 e. The van der Waals surface area contributed by atoms with E-state index in [-0.39, 0.29) is 6.54 Å². The number of aliphatic hydroxyl groups excluding tert-OH is 1. The summed E-state index contributed by atoms with van der Waals surface area (Å²) >= 11 is 0. The van der Waals surface area contributed by atoms with Crippen molar-refractivity contribution in [3.05, 3.63) is 0 Å². The molecule has 3 N–H and O–H groups in total. The lowest BCUT2D eigenvalue weighted by Gasteiger charge is -2.25. The van der Waals surface area contributed by atoms with Crippen LogP contribution in [0.15, 0.2) is 0 Å². The Morgan fingerprint density at radius 1 is 1.40 bits per heavy atom. The first kappa shape index (κ1) is 14.7. The van der Waals surface area contributed by atoms with E-state index in [0.717, 1.165) is 0 Å². The summed E-state index contributed by atoms with van der Waals surface area (Å²) in [5.74, 6) is -1.49. The Morgan fingerprint density at radius 2 is 1.93 bits per heavy atom. The second-order valence-electron chi connectivity index (χ2n) is 3.87. The van der Waals surface area contributed by atoms with E-state index in [1.807, 2.05) is 0 Å². The quantitative estimate of drug-likeness (QED) is 0.708. The fourth-order valence-electron chi connectivity index (χ4n) is 1.19. The van der Waals surface area contributed by atoms with Crippen LogP contribution >= 0.6 is 0 Å². The third kappa shape index (κ3) is 6.70. The SMILES string of the molecule is CC(O)CCN(C)CC(CN)C(F)(F)F. The van der Waals surface area contributed by atoms with E-state index in [0.29, 0.717) is 13.0 Å². The van der Waals surface area contributed by atoms with Crippen molar-refractivity contribution >= 4 is 0 Å². The second kappa shape index (κ2) is 6.30. The maximum absolute atomic E-state index is 12.3. The predicted octanol–water partition coefficient (Wildman–Crippen LogP) is 0.826. The number of hydrogen-bond acceptors (Lipinski definition) is 3. The molecule has 2 atom stereocenters. The van der Waals surface area contributed by atoms with Crippen molar-refractivity contribution in [3.8, 4) is 0 Å². The molecule has 0 aromatic carbocycles. The number of nitrogens with zero attached hydrogens (tertiary/aromatic N) is 1. The topological polar surface area (TPSA) is 49.5 Å². The van der Waals surface area contributed by atoms with Gasteiger partial charge in [-0.25, -0.2) is 0 Å². The van der Waals surface area contributed by atoms with Crippen LogP contribution in [0.5, 0.6) is 0 Å². The minimum Gasteiger partial charge on any atom is -0.393 e. The molecule has 0 bridgehead atoms. The van der Waals surface area contributed by atoms with Crippen molar-refractivity contribution in [3.63, 3.8) is 0 Å². The molecule has 0 rings (SSSR count). The van der Waals surface area contributed by atoms with Crippen LogP contribution in [0.2, 0.25) is 0 Å². The van der Waals surface area contributed by atoms with Gasteiger partial charge in [0.25, 0.3) is 0 Å². The molecule has 92 valence electrons. The third-order valence-corrected chi connectivity index (χ3v) is 2.21. The number of rotatable bonds is 6. The molecular weight excluding hydrogens is 209 g/mol. The first-order valence-corrected chi connectivity index (χ1v) is 4.90. The number of hydrogen-bond donors (Lipinski definition) is 2. The van der Waals surface area contributed by atoms with Crippen LogP contribution in [0.3, 0.4) is 0 Å². The normalized spacial score (nSPS) is 16.8. The Bertz CT molecular complexity index is 173. The zero-order valence-corrected chi connectivity index (χ0v) is 9.09. The molecule has 6 heteroatoms. The minimum atomic E-state index is -4.24. The average molecular weight is 228 g/mol. The van der Waals surface area contributed by atoms with Gasteiger partial charge in [0.2, 0.25) is 0 Å². The maximum atomic E-state index is 12.3. The summed E-state index contributed by atoms with van der Waals surface area (Å²) in [6, 6.07) is 0. The summed E-state index contributed by atoms with van der Waals surface area (Å²) in [5.41, 5.74) is 5.07.